The van der Waals surface area contributed by atoms with Crippen LogP contribution >= 0.6 is 0 Å². The van der Waals surface area contributed by atoms with Crippen LogP contribution in [0, 0.1) is 17.1 Å². The Morgan fingerprint density at radius 3 is 2.48 bits per heavy atom. The molecule has 0 fully saturated rings. The number of nitriles is 1. The molecule has 0 aliphatic rings. The monoisotopic (exact) mass is 292 g/mol. The molecule has 0 radical (unpaired) electrons. The average molecular weight is 292 g/mol. The molecule has 108 valence electrons. The molecule has 0 atom stereocenters. The van der Waals surface area contributed by atoms with E-state index in [-0.39, 0.29) is 11.3 Å². The summed E-state index contributed by atoms with van der Waals surface area (Å²) in [6.07, 6.45) is 0. The van der Waals surface area contributed by atoms with Gasteiger partial charge in [-0.1, -0.05) is 18.2 Å². The summed E-state index contributed by atoms with van der Waals surface area (Å²) in [6.45, 7) is -2.54. The summed E-state index contributed by atoms with van der Waals surface area (Å²) < 4.78 is 41.7. The summed E-state index contributed by atoms with van der Waals surface area (Å²) in [5, 5.41) is 11.8. The highest BCUT2D eigenvalue weighted by molar-refractivity contribution is 5.58. The number of ether oxygens (including phenoxy) is 1. The first-order valence-corrected chi connectivity index (χ1v) is 6.06. The number of nitrogens with one attached hydrogen (secondary N) is 1. The van der Waals surface area contributed by atoms with Crippen molar-refractivity contribution in [1.82, 2.24) is 0 Å². The maximum Gasteiger partial charge on any atom is 0.387 e. The maximum atomic E-state index is 13.4. The SMILES string of the molecule is N#Cc1c(F)cccc1NCc1ccc(OC(F)F)cc1. The van der Waals surface area contributed by atoms with E-state index in [9.17, 15) is 13.2 Å². The molecule has 21 heavy (non-hydrogen) atoms. The number of benzene rings is 2. The molecule has 0 unspecified atom stereocenters. The molecule has 6 heteroatoms. The number of nitrogens with zero attached hydrogens (tertiary/aromatic N) is 1. The summed E-state index contributed by atoms with van der Waals surface area (Å²) in [4.78, 5) is 0. The molecule has 0 amide bonds. The lowest BCUT2D eigenvalue weighted by Crippen LogP contribution is -2.04. The van der Waals surface area contributed by atoms with Crippen LogP contribution in [0.5, 0.6) is 5.75 Å². The molecule has 2 aromatic carbocycles. The highest BCUT2D eigenvalue weighted by atomic mass is 19.3. The minimum atomic E-state index is -2.86. The second-order valence-electron chi connectivity index (χ2n) is 4.15. The lowest BCUT2D eigenvalue weighted by atomic mass is 10.1. The van der Waals surface area contributed by atoms with Crippen LogP contribution in [0.1, 0.15) is 11.1 Å². The molecule has 0 aliphatic heterocycles. The minimum absolute atomic E-state index is 0.0600. The first kappa shape index (κ1) is 14.7. The van der Waals surface area contributed by atoms with Gasteiger partial charge in [0.2, 0.25) is 0 Å². The third-order valence-corrected chi connectivity index (χ3v) is 2.76. The molecule has 2 rings (SSSR count). The van der Waals surface area contributed by atoms with Crippen molar-refractivity contribution in [3.63, 3.8) is 0 Å². The van der Waals surface area contributed by atoms with E-state index in [1.54, 1.807) is 24.3 Å². The highest BCUT2D eigenvalue weighted by Gasteiger charge is 2.07. The fourth-order valence-electron chi connectivity index (χ4n) is 1.77. The Bertz CT molecular complexity index is 651. The van der Waals surface area contributed by atoms with E-state index in [0.717, 1.165) is 5.56 Å². The van der Waals surface area contributed by atoms with Gasteiger partial charge >= 0.3 is 6.61 Å². The van der Waals surface area contributed by atoms with E-state index in [4.69, 9.17) is 5.26 Å². The predicted molar refractivity (Wildman–Crippen MR) is 71.5 cm³/mol. The van der Waals surface area contributed by atoms with Gasteiger partial charge < -0.3 is 10.1 Å². The standard InChI is InChI=1S/C15H11F3N2O/c16-13-2-1-3-14(12(13)8-19)20-9-10-4-6-11(7-5-10)21-15(17)18/h1-7,15,20H,9H2. The molecule has 1 N–H and O–H groups in total. The maximum absolute atomic E-state index is 13.4. The Balaban J connectivity index is 2.04. The lowest BCUT2D eigenvalue weighted by Gasteiger charge is -2.09. The van der Waals surface area contributed by atoms with Gasteiger partial charge in [0.25, 0.3) is 0 Å². The van der Waals surface area contributed by atoms with Gasteiger partial charge in [-0.2, -0.15) is 14.0 Å². The van der Waals surface area contributed by atoms with E-state index in [1.807, 2.05) is 0 Å². The topological polar surface area (TPSA) is 45.0 Å². The summed E-state index contributed by atoms with van der Waals surface area (Å²) in [5.41, 5.74) is 1.10. The zero-order valence-electron chi connectivity index (χ0n) is 10.8. The first-order valence-electron chi connectivity index (χ1n) is 6.06. The fraction of sp³-hybridized carbons (Fsp3) is 0.133. The van der Waals surface area contributed by atoms with E-state index >= 15 is 0 Å². The van der Waals surface area contributed by atoms with Crippen LogP contribution < -0.4 is 10.1 Å². The molecule has 0 bridgehead atoms. The summed E-state index contributed by atoms with van der Waals surface area (Å²) in [7, 11) is 0. The van der Waals surface area contributed by atoms with Gasteiger partial charge in [0.15, 0.2) is 0 Å². The van der Waals surface area contributed by atoms with Crippen LogP contribution in [-0.2, 0) is 6.54 Å². The Morgan fingerprint density at radius 1 is 1.14 bits per heavy atom. The molecular weight excluding hydrogens is 281 g/mol. The van der Waals surface area contributed by atoms with E-state index in [1.165, 1.54) is 24.3 Å². The second kappa shape index (κ2) is 6.66. The summed E-state index contributed by atoms with van der Waals surface area (Å²) in [6, 6.07) is 12.1. The quantitative estimate of drug-likeness (QED) is 0.908. The third kappa shape index (κ3) is 3.89. The van der Waals surface area contributed by atoms with Gasteiger partial charge in [0.1, 0.15) is 23.2 Å². The first-order chi connectivity index (χ1) is 10.1. The molecule has 2 aromatic rings. The van der Waals surface area contributed by atoms with Crippen LogP contribution in [0.25, 0.3) is 0 Å². The van der Waals surface area contributed by atoms with Crippen molar-refractivity contribution in [1.29, 1.82) is 5.26 Å². The number of alkyl halides is 2. The minimum Gasteiger partial charge on any atom is -0.435 e. The number of rotatable bonds is 5. The predicted octanol–water partition coefficient (Wildman–Crippen LogP) is 3.91. The Kier molecular flexibility index (Phi) is 4.67. The third-order valence-electron chi connectivity index (χ3n) is 2.76. The van der Waals surface area contributed by atoms with Crippen molar-refractivity contribution in [2.75, 3.05) is 5.32 Å². The zero-order valence-corrected chi connectivity index (χ0v) is 10.8. The smallest absolute Gasteiger partial charge is 0.387 e. The second-order valence-corrected chi connectivity index (χ2v) is 4.15. The summed E-state index contributed by atoms with van der Waals surface area (Å²) in [5.74, 6) is -0.527. The molecule has 0 aromatic heterocycles. The Labute approximate surface area is 119 Å². The van der Waals surface area contributed by atoms with Crippen molar-refractivity contribution < 1.29 is 17.9 Å². The molecule has 0 heterocycles. The van der Waals surface area contributed by atoms with E-state index < -0.39 is 12.4 Å². The van der Waals surface area contributed by atoms with E-state index in [0.29, 0.717) is 12.2 Å². The van der Waals surface area contributed by atoms with Gasteiger partial charge in [-0.05, 0) is 29.8 Å². The van der Waals surface area contributed by atoms with Crippen molar-refractivity contribution in [2.45, 2.75) is 13.2 Å². The van der Waals surface area contributed by atoms with Crippen molar-refractivity contribution in [3.05, 3.63) is 59.4 Å². The van der Waals surface area contributed by atoms with Gasteiger partial charge in [-0.25, -0.2) is 4.39 Å². The zero-order chi connectivity index (χ0) is 15.2. The van der Waals surface area contributed by atoms with Crippen LogP contribution in [0.2, 0.25) is 0 Å². The molecule has 3 nitrogen and oxygen atoms in total. The van der Waals surface area contributed by atoms with Crippen molar-refractivity contribution in [2.24, 2.45) is 0 Å². The number of anilines is 1. The van der Waals surface area contributed by atoms with Gasteiger partial charge in [-0.15, -0.1) is 0 Å². The van der Waals surface area contributed by atoms with Crippen molar-refractivity contribution >= 4 is 5.69 Å². The number of halogens is 3. The van der Waals surface area contributed by atoms with Gasteiger partial charge in [0.05, 0.1) is 5.69 Å². The van der Waals surface area contributed by atoms with Crippen LogP contribution in [-0.4, -0.2) is 6.61 Å². The molecule has 0 aliphatic carbocycles. The summed E-state index contributed by atoms with van der Waals surface area (Å²) >= 11 is 0. The fourth-order valence-corrected chi connectivity index (χ4v) is 1.77. The normalized spacial score (nSPS) is 10.2. The number of hydrogen-bond donors (Lipinski definition) is 1. The van der Waals surface area contributed by atoms with Crippen LogP contribution in [0.3, 0.4) is 0 Å². The lowest BCUT2D eigenvalue weighted by molar-refractivity contribution is -0.0498. The van der Waals surface area contributed by atoms with Gasteiger partial charge in [0, 0.05) is 6.54 Å². The highest BCUT2D eigenvalue weighted by Crippen LogP contribution is 2.20. The number of hydrogen-bond acceptors (Lipinski definition) is 3. The molecule has 0 spiro atoms. The van der Waals surface area contributed by atoms with E-state index in [2.05, 4.69) is 10.1 Å². The Hall–Kier alpha value is -2.68. The Morgan fingerprint density at radius 2 is 1.86 bits per heavy atom. The molecule has 0 saturated heterocycles. The van der Waals surface area contributed by atoms with Crippen LogP contribution in [0.4, 0.5) is 18.9 Å². The molecular formula is C15H11F3N2O. The van der Waals surface area contributed by atoms with Gasteiger partial charge in [-0.3, -0.25) is 0 Å². The van der Waals surface area contributed by atoms with Crippen molar-refractivity contribution in [3.8, 4) is 11.8 Å². The molecule has 0 saturated carbocycles. The van der Waals surface area contributed by atoms with Crippen LogP contribution in [0.15, 0.2) is 42.5 Å². The average Bonchev–Trinajstić information content (AvgIpc) is 2.46. The largest absolute Gasteiger partial charge is 0.435 e.